The van der Waals surface area contributed by atoms with E-state index in [-0.39, 0.29) is 12.1 Å². The zero-order valence-corrected chi connectivity index (χ0v) is 12.6. The molecule has 2 N–H and O–H groups in total. The molecular weight excluding hydrogens is 260 g/mol. The number of nitrogens with one attached hydrogen (secondary N) is 1. The van der Waals surface area contributed by atoms with Crippen LogP contribution in [0.2, 0.25) is 0 Å². The van der Waals surface area contributed by atoms with Crippen molar-refractivity contribution in [3.8, 4) is 0 Å². The Labute approximate surface area is 120 Å². The highest BCUT2D eigenvalue weighted by Crippen LogP contribution is 2.17. The van der Waals surface area contributed by atoms with Crippen molar-refractivity contribution in [3.05, 3.63) is 0 Å². The molecule has 0 radical (unpaired) electrons. The average Bonchev–Trinajstić information content (AvgIpc) is 2.40. The smallest absolute Gasteiger partial charge is 0.329 e. The van der Waals surface area contributed by atoms with Gasteiger partial charge in [-0.25, -0.2) is 9.59 Å². The number of piperidine rings is 1. The highest BCUT2D eigenvalue weighted by atomic mass is 16.5. The molecule has 1 heterocycles. The van der Waals surface area contributed by atoms with Crippen LogP contribution in [0.1, 0.15) is 46.5 Å². The highest BCUT2D eigenvalue weighted by Gasteiger charge is 2.35. The first-order valence-corrected chi connectivity index (χ1v) is 7.35. The van der Waals surface area contributed by atoms with Crippen molar-refractivity contribution in [1.29, 1.82) is 0 Å². The zero-order valence-electron chi connectivity index (χ0n) is 12.6. The van der Waals surface area contributed by atoms with Crippen molar-refractivity contribution >= 4 is 12.0 Å². The molecule has 0 bridgehead atoms. The Morgan fingerprint density at radius 1 is 1.35 bits per heavy atom. The summed E-state index contributed by atoms with van der Waals surface area (Å²) in [6.07, 6.45) is 2.95. The van der Waals surface area contributed by atoms with Gasteiger partial charge in [0, 0.05) is 19.7 Å². The molecule has 1 unspecified atom stereocenters. The molecule has 1 atom stereocenters. The number of hydrogen-bond donors (Lipinski definition) is 2. The average molecular weight is 286 g/mol. The fourth-order valence-electron chi connectivity index (χ4n) is 2.50. The van der Waals surface area contributed by atoms with Crippen molar-refractivity contribution in [2.45, 2.75) is 58.1 Å². The normalized spacial score (nSPS) is 19.4. The Balaban J connectivity index is 2.52. The lowest BCUT2D eigenvalue weighted by molar-refractivity contribution is -0.144. The molecule has 20 heavy (non-hydrogen) atoms. The molecule has 1 aliphatic heterocycles. The van der Waals surface area contributed by atoms with Crippen molar-refractivity contribution < 1.29 is 19.4 Å². The van der Waals surface area contributed by atoms with Crippen LogP contribution in [-0.2, 0) is 9.53 Å². The third-order valence-electron chi connectivity index (χ3n) is 3.74. The molecule has 116 valence electrons. The van der Waals surface area contributed by atoms with Crippen molar-refractivity contribution in [1.82, 2.24) is 10.2 Å². The van der Waals surface area contributed by atoms with Gasteiger partial charge in [0.15, 0.2) is 0 Å². The monoisotopic (exact) mass is 286 g/mol. The summed E-state index contributed by atoms with van der Waals surface area (Å²) in [5, 5.41) is 11.9. The van der Waals surface area contributed by atoms with Crippen LogP contribution in [0.5, 0.6) is 0 Å². The molecule has 0 aromatic heterocycles. The largest absolute Gasteiger partial charge is 0.480 e. The van der Waals surface area contributed by atoms with Crippen molar-refractivity contribution in [2.24, 2.45) is 0 Å². The Kier molecular flexibility index (Phi) is 6.26. The van der Waals surface area contributed by atoms with E-state index in [0.717, 1.165) is 12.8 Å². The van der Waals surface area contributed by atoms with Gasteiger partial charge >= 0.3 is 12.0 Å². The van der Waals surface area contributed by atoms with Crippen molar-refractivity contribution in [3.63, 3.8) is 0 Å². The fourth-order valence-corrected chi connectivity index (χ4v) is 2.50. The standard InChI is InChI=1S/C14H26N2O4/c1-4-8-14(3,12(17)18)15-13(19)16-9-6-11(7-10-16)20-5-2/h11H,4-10H2,1-3H3,(H,15,19)(H,17,18). The van der Waals surface area contributed by atoms with Crippen LogP contribution in [-0.4, -0.2) is 53.3 Å². The third-order valence-corrected chi connectivity index (χ3v) is 3.74. The zero-order chi connectivity index (χ0) is 15.2. The minimum absolute atomic E-state index is 0.213. The summed E-state index contributed by atoms with van der Waals surface area (Å²) in [6.45, 7) is 7.33. The summed E-state index contributed by atoms with van der Waals surface area (Å²) in [5.74, 6) is -0.989. The molecule has 0 spiro atoms. The van der Waals surface area contributed by atoms with Crippen LogP contribution >= 0.6 is 0 Å². The summed E-state index contributed by atoms with van der Waals surface area (Å²) >= 11 is 0. The van der Waals surface area contributed by atoms with E-state index in [4.69, 9.17) is 4.74 Å². The van der Waals surface area contributed by atoms with Gasteiger partial charge in [-0.3, -0.25) is 0 Å². The SMILES string of the molecule is CCCC(C)(NC(=O)N1CCC(OCC)CC1)C(=O)O. The number of urea groups is 1. The Bertz CT molecular complexity index is 340. The fraction of sp³-hybridized carbons (Fsp3) is 0.857. The third kappa shape index (κ3) is 4.37. The first-order chi connectivity index (χ1) is 9.42. The second-order valence-corrected chi connectivity index (χ2v) is 5.46. The first kappa shape index (κ1) is 16.8. The number of nitrogens with zero attached hydrogens (tertiary/aromatic N) is 1. The van der Waals surface area contributed by atoms with Crippen LogP contribution in [0, 0.1) is 0 Å². The number of rotatable bonds is 6. The number of carbonyl (C=O) groups excluding carboxylic acids is 1. The summed E-state index contributed by atoms with van der Waals surface area (Å²) < 4.78 is 5.54. The lowest BCUT2D eigenvalue weighted by atomic mass is 9.96. The number of carbonyl (C=O) groups is 2. The lowest BCUT2D eigenvalue weighted by Crippen LogP contribution is -2.57. The number of carboxylic acid groups (broad SMARTS) is 1. The second kappa shape index (κ2) is 7.47. The molecule has 0 aliphatic carbocycles. The van der Waals surface area contributed by atoms with Gasteiger partial charge in [-0.15, -0.1) is 0 Å². The molecule has 1 fully saturated rings. The van der Waals surface area contributed by atoms with Gasteiger partial charge in [0.05, 0.1) is 6.10 Å². The summed E-state index contributed by atoms with van der Waals surface area (Å²) in [5.41, 5.74) is -1.19. The van der Waals surface area contributed by atoms with Gasteiger partial charge in [0.2, 0.25) is 0 Å². The molecule has 0 aromatic rings. The Hall–Kier alpha value is -1.30. The number of likely N-dealkylation sites (tertiary alicyclic amines) is 1. The van der Waals surface area contributed by atoms with E-state index in [2.05, 4.69) is 5.32 Å². The Morgan fingerprint density at radius 2 is 1.95 bits per heavy atom. The Morgan fingerprint density at radius 3 is 2.40 bits per heavy atom. The van der Waals surface area contributed by atoms with Gasteiger partial charge in [-0.1, -0.05) is 13.3 Å². The van der Waals surface area contributed by atoms with Gasteiger partial charge in [-0.05, 0) is 33.1 Å². The van der Waals surface area contributed by atoms with Crippen LogP contribution in [0.4, 0.5) is 4.79 Å². The molecule has 6 heteroatoms. The second-order valence-electron chi connectivity index (χ2n) is 5.46. The van der Waals surface area contributed by atoms with E-state index >= 15 is 0 Å². The maximum Gasteiger partial charge on any atom is 0.329 e. The molecule has 6 nitrogen and oxygen atoms in total. The van der Waals surface area contributed by atoms with Crippen LogP contribution in [0.25, 0.3) is 0 Å². The first-order valence-electron chi connectivity index (χ1n) is 7.35. The highest BCUT2D eigenvalue weighted by molar-refractivity contribution is 5.85. The molecule has 0 aromatic carbocycles. The maximum atomic E-state index is 12.2. The van der Waals surface area contributed by atoms with Crippen LogP contribution < -0.4 is 5.32 Å². The number of aliphatic carboxylic acids is 1. The summed E-state index contributed by atoms with van der Waals surface area (Å²) in [6, 6.07) is -0.293. The number of amides is 2. The van der Waals surface area contributed by atoms with Crippen LogP contribution in [0.3, 0.4) is 0 Å². The van der Waals surface area contributed by atoms with E-state index in [0.29, 0.717) is 32.5 Å². The predicted octanol–water partition coefficient (Wildman–Crippen LogP) is 1.84. The topological polar surface area (TPSA) is 78.9 Å². The van der Waals surface area contributed by atoms with E-state index in [1.54, 1.807) is 11.8 Å². The number of ether oxygens (including phenoxy) is 1. The van der Waals surface area contributed by atoms with Gasteiger partial charge < -0.3 is 20.1 Å². The van der Waals surface area contributed by atoms with E-state index in [1.807, 2.05) is 13.8 Å². The van der Waals surface area contributed by atoms with Gasteiger partial charge in [0.1, 0.15) is 5.54 Å². The molecular formula is C14H26N2O4. The quantitative estimate of drug-likeness (QED) is 0.781. The molecule has 1 rings (SSSR count). The summed E-state index contributed by atoms with van der Waals surface area (Å²) in [7, 11) is 0. The predicted molar refractivity (Wildman–Crippen MR) is 75.7 cm³/mol. The minimum Gasteiger partial charge on any atom is -0.480 e. The lowest BCUT2D eigenvalue weighted by Gasteiger charge is -2.35. The minimum atomic E-state index is -1.19. The number of carboxylic acids is 1. The van der Waals surface area contributed by atoms with E-state index in [1.165, 1.54) is 0 Å². The molecule has 2 amide bonds. The molecule has 1 saturated heterocycles. The van der Waals surface area contributed by atoms with Crippen molar-refractivity contribution in [2.75, 3.05) is 19.7 Å². The van der Waals surface area contributed by atoms with E-state index < -0.39 is 11.5 Å². The molecule has 1 aliphatic rings. The van der Waals surface area contributed by atoms with Gasteiger partial charge in [-0.2, -0.15) is 0 Å². The number of hydrogen-bond acceptors (Lipinski definition) is 3. The maximum absolute atomic E-state index is 12.2. The van der Waals surface area contributed by atoms with Crippen LogP contribution in [0.15, 0.2) is 0 Å². The van der Waals surface area contributed by atoms with Gasteiger partial charge in [0.25, 0.3) is 0 Å². The summed E-state index contributed by atoms with van der Waals surface area (Å²) in [4.78, 5) is 25.2. The van der Waals surface area contributed by atoms with E-state index in [9.17, 15) is 14.7 Å². The molecule has 0 saturated carbocycles.